The molecule has 3 heterocycles. The van der Waals surface area contributed by atoms with Gasteiger partial charge in [-0.15, -0.1) is 11.3 Å². The molecule has 0 bridgehead atoms. The highest BCUT2D eigenvalue weighted by Gasteiger charge is 2.25. The highest BCUT2D eigenvalue weighted by molar-refractivity contribution is 7.21. The Bertz CT molecular complexity index is 831. The lowest BCUT2D eigenvalue weighted by atomic mass is 9.93. The lowest BCUT2D eigenvalue weighted by molar-refractivity contribution is 0.115. The minimum atomic E-state index is -0.271. The lowest BCUT2D eigenvalue weighted by Gasteiger charge is -2.35. The minimum absolute atomic E-state index is 0.271. The highest BCUT2D eigenvalue weighted by Crippen LogP contribution is 2.37. The number of anilines is 1. The Morgan fingerprint density at radius 1 is 1.25 bits per heavy atom. The second-order valence-corrected chi connectivity index (χ2v) is 7.51. The summed E-state index contributed by atoms with van der Waals surface area (Å²) < 4.78 is 0. The molecular formula is C19H21N3OS. The summed E-state index contributed by atoms with van der Waals surface area (Å²) in [5, 5.41) is 11.1. The van der Waals surface area contributed by atoms with Crippen LogP contribution in [0.2, 0.25) is 0 Å². The zero-order valence-corrected chi connectivity index (χ0v) is 14.5. The normalized spacial score (nSPS) is 19.6. The quantitative estimate of drug-likeness (QED) is 0.785. The first kappa shape index (κ1) is 15.5. The summed E-state index contributed by atoms with van der Waals surface area (Å²) >= 11 is 1.71. The van der Waals surface area contributed by atoms with Gasteiger partial charge in [-0.05, 0) is 31.4 Å². The molecule has 1 aliphatic heterocycles. The number of aliphatic hydroxyl groups is 1. The van der Waals surface area contributed by atoms with E-state index < -0.39 is 0 Å². The van der Waals surface area contributed by atoms with Crippen LogP contribution in [-0.2, 0) is 0 Å². The van der Waals surface area contributed by atoms with Gasteiger partial charge < -0.3 is 10.0 Å². The summed E-state index contributed by atoms with van der Waals surface area (Å²) in [5.74, 6) is 1.32. The van der Waals surface area contributed by atoms with E-state index in [1.54, 1.807) is 17.7 Å². The van der Waals surface area contributed by atoms with Gasteiger partial charge in [0.2, 0.25) is 0 Å². The number of benzene rings is 1. The molecule has 1 N–H and O–H groups in total. The molecule has 2 aromatic heterocycles. The Morgan fingerprint density at radius 3 is 2.88 bits per heavy atom. The third kappa shape index (κ3) is 2.89. The maximum atomic E-state index is 9.95. The third-order valence-electron chi connectivity index (χ3n) is 4.81. The Balaban J connectivity index is 1.72. The van der Waals surface area contributed by atoms with Crippen molar-refractivity contribution in [2.24, 2.45) is 5.92 Å². The fraction of sp³-hybridized carbons (Fsp3) is 0.368. The Hall–Kier alpha value is -1.98. The summed E-state index contributed by atoms with van der Waals surface area (Å²) in [6.45, 7) is 3.74. The van der Waals surface area contributed by atoms with Gasteiger partial charge in [0.05, 0.1) is 11.5 Å². The van der Waals surface area contributed by atoms with Crippen LogP contribution in [0.1, 0.15) is 19.8 Å². The van der Waals surface area contributed by atoms with Crippen molar-refractivity contribution in [3.05, 3.63) is 42.7 Å². The number of aromatic nitrogens is 2. The predicted octanol–water partition coefficient (Wildman–Crippen LogP) is 3.96. The average Bonchev–Trinajstić information content (AvgIpc) is 3.07. The summed E-state index contributed by atoms with van der Waals surface area (Å²) in [6.07, 6.45) is 3.57. The van der Waals surface area contributed by atoms with Crippen LogP contribution in [-0.4, -0.2) is 34.3 Å². The summed E-state index contributed by atoms with van der Waals surface area (Å²) in [5.41, 5.74) is 1.21. The molecule has 0 spiro atoms. The van der Waals surface area contributed by atoms with Crippen molar-refractivity contribution in [3.8, 4) is 10.4 Å². The van der Waals surface area contributed by atoms with Gasteiger partial charge in [0.1, 0.15) is 17.0 Å². The third-order valence-corrected chi connectivity index (χ3v) is 5.90. The van der Waals surface area contributed by atoms with Crippen LogP contribution < -0.4 is 4.90 Å². The van der Waals surface area contributed by atoms with Crippen molar-refractivity contribution in [1.82, 2.24) is 9.97 Å². The van der Waals surface area contributed by atoms with Gasteiger partial charge in [-0.3, -0.25) is 0 Å². The SMILES string of the molecule is CC(O)C1CCCN(c2ncnc3sc(-c4ccccc4)cc23)C1. The summed E-state index contributed by atoms with van der Waals surface area (Å²) in [7, 11) is 0. The number of rotatable bonds is 3. The zero-order chi connectivity index (χ0) is 16.5. The van der Waals surface area contributed by atoms with Crippen LogP contribution in [0.15, 0.2) is 42.7 Å². The average molecular weight is 339 g/mol. The lowest BCUT2D eigenvalue weighted by Crippen LogP contribution is -2.40. The maximum Gasteiger partial charge on any atom is 0.140 e. The van der Waals surface area contributed by atoms with E-state index >= 15 is 0 Å². The molecule has 0 amide bonds. The smallest absolute Gasteiger partial charge is 0.140 e. The van der Waals surface area contributed by atoms with Gasteiger partial charge >= 0.3 is 0 Å². The van der Waals surface area contributed by atoms with Crippen molar-refractivity contribution in [2.45, 2.75) is 25.9 Å². The van der Waals surface area contributed by atoms with Gasteiger partial charge in [0, 0.05) is 23.9 Å². The Kier molecular flexibility index (Phi) is 4.21. The molecule has 1 aliphatic rings. The summed E-state index contributed by atoms with van der Waals surface area (Å²) in [6, 6.07) is 12.6. The van der Waals surface area contributed by atoms with E-state index in [0.717, 1.165) is 42.0 Å². The number of nitrogens with zero attached hydrogens (tertiary/aromatic N) is 3. The van der Waals surface area contributed by atoms with Crippen molar-refractivity contribution in [1.29, 1.82) is 0 Å². The van der Waals surface area contributed by atoms with E-state index in [-0.39, 0.29) is 6.10 Å². The molecule has 0 saturated carbocycles. The fourth-order valence-electron chi connectivity index (χ4n) is 3.44. The topological polar surface area (TPSA) is 49.2 Å². The van der Waals surface area contributed by atoms with Crippen molar-refractivity contribution >= 4 is 27.4 Å². The molecule has 124 valence electrons. The molecule has 5 heteroatoms. The van der Waals surface area contributed by atoms with E-state index in [0.29, 0.717) is 5.92 Å². The molecule has 2 unspecified atom stereocenters. The van der Waals surface area contributed by atoms with Gasteiger partial charge in [0.15, 0.2) is 0 Å². The molecule has 24 heavy (non-hydrogen) atoms. The number of piperidine rings is 1. The molecule has 1 fully saturated rings. The molecule has 0 aliphatic carbocycles. The highest BCUT2D eigenvalue weighted by atomic mass is 32.1. The number of aliphatic hydroxyl groups excluding tert-OH is 1. The van der Waals surface area contributed by atoms with Crippen LogP contribution in [0.5, 0.6) is 0 Å². The minimum Gasteiger partial charge on any atom is -0.393 e. The monoisotopic (exact) mass is 339 g/mol. The van der Waals surface area contributed by atoms with Crippen LogP contribution in [0.3, 0.4) is 0 Å². The van der Waals surface area contributed by atoms with Gasteiger partial charge in [-0.2, -0.15) is 0 Å². The summed E-state index contributed by atoms with van der Waals surface area (Å²) in [4.78, 5) is 13.6. The molecule has 2 atom stereocenters. The molecule has 3 aromatic rings. The molecule has 1 saturated heterocycles. The molecule has 4 rings (SSSR count). The zero-order valence-electron chi connectivity index (χ0n) is 13.7. The Morgan fingerprint density at radius 2 is 2.08 bits per heavy atom. The van der Waals surface area contributed by atoms with Gasteiger partial charge in [-0.25, -0.2) is 9.97 Å². The van der Waals surface area contributed by atoms with Gasteiger partial charge in [-0.1, -0.05) is 30.3 Å². The van der Waals surface area contributed by atoms with Crippen LogP contribution in [0.25, 0.3) is 20.7 Å². The van der Waals surface area contributed by atoms with E-state index in [4.69, 9.17) is 0 Å². The standard InChI is InChI=1S/C19H21N3OS/c1-13(23)15-8-5-9-22(11-15)18-16-10-17(14-6-3-2-4-7-14)24-19(16)21-12-20-18/h2-4,6-7,10,12-13,15,23H,5,8-9,11H2,1H3. The van der Waals surface area contributed by atoms with Gasteiger partial charge in [0.25, 0.3) is 0 Å². The number of hydrogen-bond acceptors (Lipinski definition) is 5. The molecular weight excluding hydrogens is 318 g/mol. The van der Waals surface area contributed by atoms with Crippen LogP contribution >= 0.6 is 11.3 Å². The second-order valence-electron chi connectivity index (χ2n) is 6.48. The van der Waals surface area contributed by atoms with E-state index in [1.165, 1.54) is 10.4 Å². The van der Waals surface area contributed by atoms with Crippen molar-refractivity contribution in [2.75, 3.05) is 18.0 Å². The fourth-order valence-corrected chi connectivity index (χ4v) is 4.43. The second kappa shape index (κ2) is 6.49. The predicted molar refractivity (Wildman–Crippen MR) is 99.5 cm³/mol. The van der Waals surface area contributed by atoms with Crippen molar-refractivity contribution < 1.29 is 5.11 Å². The van der Waals surface area contributed by atoms with Crippen LogP contribution in [0.4, 0.5) is 5.82 Å². The van der Waals surface area contributed by atoms with E-state index in [2.05, 4.69) is 45.2 Å². The molecule has 0 radical (unpaired) electrons. The largest absolute Gasteiger partial charge is 0.393 e. The van der Waals surface area contributed by atoms with Crippen LogP contribution in [0, 0.1) is 5.92 Å². The van der Waals surface area contributed by atoms with E-state index in [9.17, 15) is 5.11 Å². The number of fused-ring (bicyclic) bond motifs is 1. The first-order valence-electron chi connectivity index (χ1n) is 8.45. The Labute approximate surface area is 145 Å². The first-order valence-corrected chi connectivity index (χ1v) is 9.27. The maximum absolute atomic E-state index is 9.95. The molecule has 4 nitrogen and oxygen atoms in total. The van der Waals surface area contributed by atoms with Crippen molar-refractivity contribution in [3.63, 3.8) is 0 Å². The first-order chi connectivity index (χ1) is 11.7. The van der Waals surface area contributed by atoms with E-state index in [1.807, 2.05) is 13.0 Å². The number of hydrogen-bond donors (Lipinski definition) is 1. The number of thiophene rings is 1. The molecule has 1 aromatic carbocycles.